The molecule has 0 fully saturated rings. The number of aromatic nitrogens is 1. The molecular weight excluding hydrogens is 277 g/mol. The van der Waals surface area contributed by atoms with Gasteiger partial charge in [0.05, 0.1) is 18.7 Å². The summed E-state index contributed by atoms with van der Waals surface area (Å²) in [5.74, 6) is -1.11. The molecule has 0 aliphatic heterocycles. The number of aliphatic hydroxyl groups is 1. The van der Waals surface area contributed by atoms with Crippen LogP contribution in [-0.2, 0) is 27.1 Å². The second-order valence-corrected chi connectivity index (χ2v) is 5.43. The maximum atomic E-state index is 11.4. The Morgan fingerprint density at radius 3 is 2.63 bits per heavy atom. The van der Waals surface area contributed by atoms with E-state index in [1.54, 1.807) is 0 Å². The Morgan fingerprint density at radius 1 is 1.47 bits per heavy atom. The number of esters is 1. The Bertz CT molecular complexity index is 525. The van der Waals surface area contributed by atoms with Gasteiger partial charge in [0, 0.05) is 11.8 Å². The molecule has 1 heterocycles. The minimum Gasteiger partial charge on any atom is -0.506 e. The molecule has 4 N–H and O–H groups in total. The van der Waals surface area contributed by atoms with Crippen LogP contribution in [-0.4, -0.2) is 37.3 Å². The van der Waals surface area contributed by atoms with E-state index in [1.165, 1.54) is 13.1 Å². The molecule has 1 aromatic heterocycles. The summed E-state index contributed by atoms with van der Waals surface area (Å²) in [6, 6.07) is 0. The highest BCUT2D eigenvalue weighted by Crippen LogP contribution is 2.34. The van der Waals surface area contributed by atoms with E-state index in [1.807, 2.05) is 0 Å². The molecule has 1 rings (SSSR count). The zero-order valence-electron chi connectivity index (χ0n) is 10.1. The van der Waals surface area contributed by atoms with E-state index in [4.69, 9.17) is 14.9 Å². The molecular formula is C10H14NO7P. The lowest BCUT2D eigenvalue weighted by Gasteiger charge is -2.11. The predicted molar refractivity (Wildman–Crippen MR) is 63.3 cm³/mol. The minimum atomic E-state index is -4.42. The first kappa shape index (κ1) is 15.6. The molecule has 8 nitrogen and oxygen atoms in total. The molecule has 0 spiro atoms. The SMILES string of the molecule is Cc1ncc(CC(=O)OCP(=O)(O)O)c(CO)c1O. The number of hydrogen-bond donors (Lipinski definition) is 4. The highest BCUT2D eigenvalue weighted by molar-refractivity contribution is 7.51. The Labute approximate surface area is 108 Å². The average Bonchev–Trinajstić information content (AvgIpc) is 2.31. The average molecular weight is 291 g/mol. The van der Waals surface area contributed by atoms with Crippen molar-refractivity contribution in [3.8, 4) is 5.75 Å². The van der Waals surface area contributed by atoms with Crippen molar-refractivity contribution in [2.45, 2.75) is 20.0 Å². The maximum absolute atomic E-state index is 11.4. The topological polar surface area (TPSA) is 137 Å². The van der Waals surface area contributed by atoms with Gasteiger partial charge in [-0.1, -0.05) is 0 Å². The molecule has 106 valence electrons. The molecule has 0 radical (unpaired) electrons. The van der Waals surface area contributed by atoms with Gasteiger partial charge in [0.1, 0.15) is 5.75 Å². The molecule has 0 bridgehead atoms. The van der Waals surface area contributed by atoms with Crippen molar-refractivity contribution >= 4 is 13.6 Å². The summed E-state index contributed by atoms with van der Waals surface area (Å²) in [7, 11) is -4.42. The van der Waals surface area contributed by atoms with Crippen LogP contribution in [0.5, 0.6) is 5.75 Å². The molecule has 9 heteroatoms. The number of aromatic hydroxyl groups is 1. The van der Waals surface area contributed by atoms with E-state index >= 15 is 0 Å². The molecule has 0 aromatic carbocycles. The van der Waals surface area contributed by atoms with Crippen LogP contribution in [0.25, 0.3) is 0 Å². The van der Waals surface area contributed by atoms with Gasteiger partial charge in [-0.3, -0.25) is 14.3 Å². The van der Waals surface area contributed by atoms with Gasteiger partial charge in [-0.25, -0.2) is 0 Å². The predicted octanol–water partition coefficient (Wildman–Crippen LogP) is -0.191. The standard InChI is InChI=1S/C10H14NO7P/c1-6-10(14)8(4-12)7(3-11-6)2-9(13)18-5-19(15,16)17/h3,12,14H,2,4-5H2,1H3,(H2,15,16,17). The fraction of sp³-hybridized carbons (Fsp3) is 0.400. The lowest BCUT2D eigenvalue weighted by atomic mass is 10.1. The number of aryl methyl sites for hydroxylation is 1. The number of hydrogen-bond acceptors (Lipinski definition) is 6. The largest absolute Gasteiger partial charge is 0.506 e. The summed E-state index contributed by atoms with van der Waals surface area (Å²) in [5.41, 5.74) is 0.679. The first-order valence-electron chi connectivity index (χ1n) is 5.22. The van der Waals surface area contributed by atoms with Crippen LogP contribution in [0, 0.1) is 6.92 Å². The quantitative estimate of drug-likeness (QED) is 0.432. The summed E-state index contributed by atoms with van der Waals surface area (Å²) in [4.78, 5) is 32.3. The van der Waals surface area contributed by atoms with Gasteiger partial charge in [0.2, 0.25) is 0 Å². The Balaban J connectivity index is 2.80. The Hall–Kier alpha value is -1.47. The van der Waals surface area contributed by atoms with Crippen molar-refractivity contribution in [3.05, 3.63) is 23.0 Å². The van der Waals surface area contributed by atoms with Crippen molar-refractivity contribution in [2.75, 3.05) is 6.35 Å². The van der Waals surface area contributed by atoms with E-state index < -0.39 is 26.5 Å². The summed E-state index contributed by atoms with van der Waals surface area (Å²) >= 11 is 0. The molecule has 0 amide bonds. The normalized spacial score (nSPS) is 11.4. The number of carbonyl (C=O) groups is 1. The number of aliphatic hydroxyl groups excluding tert-OH is 1. The highest BCUT2D eigenvalue weighted by Gasteiger charge is 2.19. The number of ether oxygens (including phenoxy) is 1. The summed E-state index contributed by atoms with van der Waals surface area (Å²) in [5, 5.41) is 18.8. The van der Waals surface area contributed by atoms with Gasteiger partial charge in [-0.05, 0) is 12.5 Å². The minimum absolute atomic E-state index is 0.139. The van der Waals surface area contributed by atoms with Crippen LogP contribution in [0.2, 0.25) is 0 Å². The molecule has 0 unspecified atom stereocenters. The Morgan fingerprint density at radius 2 is 2.11 bits per heavy atom. The molecule has 19 heavy (non-hydrogen) atoms. The first-order chi connectivity index (χ1) is 8.74. The monoisotopic (exact) mass is 291 g/mol. The summed E-state index contributed by atoms with van der Waals surface area (Å²) in [6.07, 6.45) is -0.0678. The summed E-state index contributed by atoms with van der Waals surface area (Å²) < 4.78 is 14.9. The van der Waals surface area contributed by atoms with Gasteiger partial charge in [-0.15, -0.1) is 0 Å². The van der Waals surface area contributed by atoms with Crippen LogP contribution in [0.15, 0.2) is 6.20 Å². The number of rotatable bonds is 5. The third-order valence-electron chi connectivity index (χ3n) is 2.32. The van der Waals surface area contributed by atoms with E-state index in [9.17, 15) is 14.5 Å². The third kappa shape index (κ3) is 4.60. The smallest absolute Gasteiger partial charge is 0.362 e. The molecule has 1 aromatic rings. The Kier molecular flexibility index (Phi) is 5.02. The van der Waals surface area contributed by atoms with Gasteiger partial charge in [0.25, 0.3) is 0 Å². The van der Waals surface area contributed by atoms with Crippen molar-refractivity contribution in [3.63, 3.8) is 0 Å². The number of nitrogens with zero attached hydrogens (tertiary/aromatic N) is 1. The lowest BCUT2D eigenvalue weighted by Crippen LogP contribution is -2.11. The van der Waals surface area contributed by atoms with Crippen molar-refractivity contribution in [2.24, 2.45) is 0 Å². The second-order valence-electron chi connectivity index (χ2n) is 3.84. The van der Waals surface area contributed by atoms with Crippen molar-refractivity contribution in [1.82, 2.24) is 4.98 Å². The van der Waals surface area contributed by atoms with Gasteiger partial charge >= 0.3 is 13.6 Å². The van der Waals surface area contributed by atoms with E-state index in [0.29, 0.717) is 5.69 Å². The third-order valence-corrected chi connectivity index (χ3v) is 2.78. The van der Waals surface area contributed by atoms with Gasteiger partial charge in [-0.2, -0.15) is 0 Å². The lowest BCUT2D eigenvalue weighted by molar-refractivity contribution is -0.141. The number of pyridine rings is 1. The van der Waals surface area contributed by atoms with E-state index in [2.05, 4.69) is 9.72 Å². The molecule has 0 atom stereocenters. The summed E-state index contributed by atoms with van der Waals surface area (Å²) in [6.45, 7) is 1.04. The number of carbonyl (C=O) groups excluding carboxylic acids is 1. The van der Waals surface area contributed by atoms with Crippen LogP contribution in [0.3, 0.4) is 0 Å². The zero-order valence-corrected chi connectivity index (χ0v) is 11.0. The highest BCUT2D eigenvalue weighted by atomic mass is 31.2. The van der Waals surface area contributed by atoms with Gasteiger partial charge < -0.3 is 24.7 Å². The van der Waals surface area contributed by atoms with E-state index in [-0.39, 0.29) is 23.3 Å². The van der Waals surface area contributed by atoms with Crippen LogP contribution >= 0.6 is 7.60 Å². The van der Waals surface area contributed by atoms with Crippen molar-refractivity contribution in [1.29, 1.82) is 0 Å². The molecule has 0 aliphatic rings. The van der Waals surface area contributed by atoms with Crippen molar-refractivity contribution < 1.29 is 34.1 Å². The second kappa shape index (κ2) is 6.12. The van der Waals surface area contributed by atoms with Crippen LogP contribution in [0.4, 0.5) is 0 Å². The fourth-order valence-corrected chi connectivity index (χ4v) is 1.69. The van der Waals surface area contributed by atoms with Crippen LogP contribution in [0.1, 0.15) is 16.8 Å². The maximum Gasteiger partial charge on any atom is 0.362 e. The van der Waals surface area contributed by atoms with Crippen LogP contribution < -0.4 is 0 Å². The first-order valence-corrected chi connectivity index (χ1v) is 7.01. The van der Waals surface area contributed by atoms with Gasteiger partial charge in [0.15, 0.2) is 6.35 Å². The molecule has 0 saturated carbocycles. The fourth-order valence-electron chi connectivity index (χ4n) is 1.38. The molecule has 0 aliphatic carbocycles. The zero-order chi connectivity index (χ0) is 14.6. The molecule has 0 saturated heterocycles. The van der Waals surface area contributed by atoms with E-state index in [0.717, 1.165) is 0 Å².